The van der Waals surface area contributed by atoms with Gasteiger partial charge in [0.25, 0.3) is 0 Å². The summed E-state index contributed by atoms with van der Waals surface area (Å²) >= 11 is 3.22. The van der Waals surface area contributed by atoms with Crippen molar-refractivity contribution < 1.29 is 13.9 Å². The molecule has 110 valence electrons. The first-order valence-corrected chi connectivity index (χ1v) is 7.45. The van der Waals surface area contributed by atoms with Gasteiger partial charge in [0.1, 0.15) is 5.82 Å². The molecular weight excluding hydrogens is 337 g/mol. The van der Waals surface area contributed by atoms with Crippen molar-refractivity contribution in [2.24, 2.45) is 0 Å². The van der Waals surface area contributed by atoms with Gasteiger partial charge in [-0.2, -0.15) is 0 Å². The average Bonchev–Trinajstić information content (AvgIpc) is 2.92. The molecule has 1 aliphatic rings. The molecule has 0 aromatic heterocycles. The van der Waals surface area contributed by atoms with Crippen LogP contribution in [0, 0.1) is 12.7 Å². The van der Waals surface area contributed by atoms with Gasteiger partial charge in [-0.25, -0.2) is 4.39 Å². The Hall–Kier alpha value is -1.75. The van der Waals surface area contributed by atoms with Crippen LogP contribution in [0.4, 0.5) is 10.1 Å². The zero-order valence-corrected chi connectivity index (χ0v) is 13.3. The molecule has 1 N–H and O–H groups in total. The molecule has 5 heteroatoms. The number of ether oxygens (including phenoxy) is 2. The molecular formula is C16H15BrFNO2. The molecule has 1 heterocycles. The summed E-state index contributed by atoms with van der Waals surface area (Å²) in [6.07, 6.45) is 0. The SMILES string of the molecule is Cc1cc(F)c(Br)cc1NC(C)c1ccc2c(c1)OCO2. The number of benzene rings is 2. The van der Waals surface area contributed by atoms with E-state index in [1.165, 1.54) is 6.07 Å². The van der Waals surface area contributed by atoms with Gasteiger partial charge < -0.3 is 14.8 Å². The Morgan fingerprint density at radius 2 is 1.95 bits per heavy atom. The highest BCUT2D eigenvalue weighted by atomic mass is 79.9. The van der Waals surface area contributed by atoms with Gasteiger partial charge in [0.2, 0.25) is 6.79 Å². The molecule has 0 radical (unpaired) electrons. The monoisotopic (exact) mass is 351 g/mol. The van der Waals surface area contributed by atoms with Crippen molar-refractivity contribution >= 4 is 21.6 Å². The number of rotatable bonds is 3. The van der Waals surface area contributed by atoms with Crippen molar-refractivity contribution in [1.29, 1.82) is 0 Å². The Bertz CT molecular complexity index is 690. The second-order valence-electron chi connectivity index (χ2n) is 5.06. The molecule has 0 saturated carbocycles. The Kier molecular flexibility index (Phi) is 3.76. The van der Waals surface area contributed by atoms with Crippen LogP contribution in [0.1, 0.15) is 24.1 Å². The van der Waals surface area contributed by atoms with E-state index in [0.29, 0.717) is 4.47 Å². The van der Waals surface area contributed by atoms with Crippen LogP contribution in [0.3, 0.4) is 0 Å². The van der Waals surface area contributed by atoms with Crippen LogP contribution in [-0.4, -0.2) is 6.79 Å². The van der Waals surface area contributed by atoms with E-state index >= 15 is 0 Å². The van der Waals surface area contributed by atoms with Crippen LogP contribution < -0.4 is 14.8 Å². The zero-order valence-electron chi connectivity index (χ0n) is 11.7. The van der Waals surface area contributed by atoms with Gasteiger partial charge >= 0.3 is 0 Å². The molecule has 0 spiro atoms. The van der Waals surface area contributed by atoms with Crippen LogP contribution in [0.25, 0.3) is 0 Å². The Morgan fingerprint density at radius 1 is 1.19 bits per heavy atom. The van der Waals surface area contributed by atoms with Gasteiger partial charge in [0, 0.05) is 11.7 Å². The van der Waals surface area contributed by atoms with Crippen molar-refractivity contribution in [3.63, 3.8) is 0 Å². The molecule has 3 rings (SSSR count). The Morgan fingerprint density at radius 3 is 2.76 bits per heavy atom. The smallest absolute Gasteiger partial charge is 0.231 e. The molecule has 0 fully saturated rings. The third-order valence-electron chi connectivity index (χ3n) is 3.54. The van der Waals surface area contributed by atoms with Crippen molar-refractivity contribution in [3.8, 4) is 11.5 Å². The maximum Gasteiger partial charge on any atom is 0.231 e. The van der Waals surface area contributed by atoms with Crippen LogP contribution >= 0.6 is 15.9 Å². The highest BCUT2D eigenvalue weighted by molar-refractivity contribution is 9.10. The van der Waals surface area contributed by atoms with Crippen LogP contribution in [-0.2, 0) is 0 Å². The summed E-state index contributed by atoms with van der Waals surface area (Å²) in [4.78, 5) is 0. The molecule has 3 nitrogen and oxygen atoms in total. The fourth-order valence-electron chi connectivity index (χ4n) is 2.30. The number of hydrogen-bond acceptors (Lipinski definition) is 3. The molecule has 1 aliphatic heterocycles. The first kappa shape index (κ1) is 14.2. The fraction of sp³-hybridized carbons (Fsp3) is 0.250. The molecule has 1 unspecified atom stereocenters. The molecule has 0 amide bonds. The van der Waals surface area contributed by atoms with Crippen LogP contribution in [0.15, 0.2) is 34.8 Å². The summed E-state index contributed by atoms with van der Waals surface area (Å²) in [7, 11) is 0. The molecule has 2 aromatic rings. The van der Waals surface area contributed by atoms with Crippen molar-refractivity contribution in [3.05, 3.63) is 51.7 Å². The highest BCUT2D eigenvalue weighted by Gasteiger charge is 2.16. The lowest BCUT2D eigenvalue weighted by molar-refractivity contribution is 0.174. The Balaban J connectivity index is 1.83. The standard InChI is InChI=1S/C16H15BrFNO2/c1-9-5-13(18)12(17)7-14(9)19-10(2)11-3-4-15-16(6-11)21-8-20-15/h3-7,10,19H,8H2,1-2H3. The van der Waals surface area contributed by atoms with E-state index in [0.717, 1.165) is 28.3 Å². The third kappa shape index (κ3) is 2.83. The molecule has 0 bridgehead atoms. The quantitative estimate of drug-likeness (QED) is 0.861. The fourth-order valence-corrected chi connectivity index (χ4v) is 2.64. The van der Waals surface area contributed by atoms with Gasteiger partial charge in [-0.15, -0.1) is 0 Å². The minimum atomic E-state index is -0.256. The van der Waals surface area contributed by atoms with Crippen LogP contribution in [0.5, 0.6) is 11.5 Å². The van der Waals surface area contributed by atoms with Crippen molar-refractivity contribution in [2.45, 2.75) is 19.9 Å². The topological polar surface area (TPSA) is 30.5 Å². The minimum absolute atomic E-state index is 0.0653. The normalized spacial score (nSPS) is 14.1. The lowest BCUT2D eigenvalue weighted by Crippen LogP contribution is -2.08. The van der Waals surface area contributed by atoms with Crippen molar-refractivity contribution in [2.75, 3.05) is 12.1 Å². The first-order valence-electron chi connectivity index (χ1n) is 6.66. The minimum Gasteiger partial charge on any atom is -0.454 e. The molecule has 0 saturated heterocycles. The number of nitrogens with one attached hydrogen (secondary N) is 1. The number of fused-ring (bicyclic) bond motifs is 1. The van der Waals surface area contributed by atoms with E-state index in [9.17, 15) is 4.39 Å². The number of hydrogen-bond donors (Lipinski definition) is 1. The maximum absolute atomic E-state index is 13.5. The molecule has 1 atom stereocenters. The van der Waals surface area contributed by atoms with E-state index in [-0.39, 0.29) is 18.7 Å². The molecule has 21 heavy (non-hydrogen) atoms. The van der Waals surface area contributed by atoms with Gasteiger partial charge in [-0.05, 0) is 65.2 Å². The molecule has 0 aliphatic carbocycles. The largest absolute Gasteiger partial charge is 0.454 e. The predicted molar refractivity (Wildman–Crippen MR) is 83.4 cm³/mol. The van der Waals surface area contributed by atoms with E-state index in [4.69, 9.17) is 9.47 Å². The number of anilines is 1. The van der Waals surface area contributed by atoms with Crippen LogP contribution in [0.2, 0.25) is 0 Å². The van der Waals surface area contributed by atoms with Gasteiger partial charge in [-0.1, -0.05) is 6.07 Å². The van der Waals surface area contributed by atoms with Gasteiger partial charge in [0.15, 0.2) is 11.5 Å². The second-order valence-corrected chi connectivity index (χ2v) is 5.91. The van der Waals surface area contributed by atoms with E-state index in [1.54, 1.807) is 6.07 Å². The van der Waals surface area contributed by atoms with E-state index < -0.39 is 0 Å². The average molecular weight is 352 g/mol. The summed E-state index contributed by atoms with van der Waals surface area (Å²) in [5.74, 6) is 1.28. The maximum atomic E-state index is 13.5. The highest BCUT2D eigenvalue weighted by Crippen LogP contribution is 2.35. The van der Waals surface area contributed by atoms with Gasteiger partial charge in [0.05, 0.1) is 4.47 Å². The van der Waals surface area contributed by atoms with E-state index in [1.807, 2.05) is 32.0 Å². The second kappa shape index (κ2) is 5.56. The summed E-state index contributed by atoms with van der Waals surface area (Å²) in [6.45, 7) is 4.20. The first-order chi connectivity index (χ1) is 10.0. The number of halogens is 2. The lowest BCUT2D eigenvalue weighted by atomic mass is 10.1. The molecule has 2 aromatic carbocycles. The zero-order chi connectivity index (χ0) is 15.0. The van der Waals surface area contributed by atoms with Crippen molar-refractivity contribution in [1.82, 2.24) is 0 Å². The summed E-state index contributed by atoms with van der Waals surface area (Å²) < 4.78 is 24.6. The Labute approximate surface area is 131 Å². The predicted octanol–water partition coefficient (Wildman–Crippen LogP) is 4.80. The van der Waals surface area contributed by atoms with Gasteiger partial charge in [-0.3, -0.25) is 0 Å². The summed E-state index contributed by atoms with van der Waals surface area (Å²) in [5.41, 5.74) is 2.84. The third-order valence-corrected chi connectivity index (χ3v) is 4.14. The summed E-state index contributed by atoms with van der Waals surface area (Å²) in [5, 5.41) is 3.39. The summed E-state index contributed by atoms with van der Waals surface area (Å²) in [6, 6.07) is 9.21. The number of aryl methyl sites for hydroxylation is 1. The lowest BCUT2D eigenvalue weighted by Gasteiger charge is -2.18. The van der Waals surface area contributed by atoms with E-state index in [2.05, 4.69) is 21.2 Å².